The summed E-state index contributed by atoms with van der Waals surface area (Å²) >= 11 is 1.05. The van der Waals surface area contributed by atoms with E-state index in [1.807, 2.05) is 0 Å². The number of nitrogens with zero attached hydrogens (tertiary/aromatic N) is 2. The topological polar surface area (TPSA) is 100 Å². The van der Waals surface area contributed by atoms with Gasteiger partial charge in [-0.05, 0) is 55.0 Å². The molecule has 0 fully saturated rings. The molecule has 2 amide bonds. The third kappa shape index (κ3) is 6.01. The number of aromatic hydroxyl groups is 1. The fourth-order valence-corrected chi connectivity index (χ4v) is 3.73. The highest BCUT2D eigenvalue weighted by molar-refractivity contribution is 8.14. The van der Waals surface area contributed by atoms with Crippen molar-refractivity contribution in [2.24, 2.45) is 4.99 Å². The summed E-state index contributed by atoms with van der Waals surface area (Å²) in [5.74, 6) is -0.528. The first kappa shape index (κ1) is 24.1. The minimum Gasteiger partial charge on any atom is -0.504 e. The van der Waals surface area contributed by atoms with E-state index in [4.69, 9.17) is 4.74 Å². The van der Waals surface area contributed by atoms with Gasteiger partial charge < -0.3 is 19.9 Å². The lowest BCUT2D eigenvalue weighted by Crippen LogP contribution is -2.31. The number of aliphatic imine (C=N–C) groups is 1. The van der Waals surface area contributed by atoms with Crippen LogP contribution in [0.2, 0.25) is 0 Å². The average Bonchev–Trinajstić information content (AvgIpc) is 3.09. The number of nitrogens with one attached hydrogen (secondary N) is 1. The average molecular weight is 477 g/mol. The number of hydrogen-bond donors (Lipinski definition) is 2. The molecule has 1 heterocycles. The van der Waals surface area contributed by atoms with Crippen molar-refractivity contribution in [3.63, 3.8) is 0 Å². The van der Waals surface area contributed by atoms with Gasteiger partial charge >= 0.3 is 6.61 Å². The summed E-state index contributed by atoms with van der Waals surface area (Å²) < 4.78 is 34.6. The van der Waals surface area contributed by atoms with E-state index in [2.05, 4.69) is 15.0 Å². The Labute approximate surface area is 192 Å². The molecule has 0 radical (unpaired) electrons. The maximum absolute atomic E-state index is 13.2. The maximum atomic E-state index is 13.2. The van der Waals surface area contributed by atoms with Crippen LogP contribution in [0.5, 0.6) is 17.2 Å². The first-order valence-electron chi connectivity index (χ1n) is 9.81. The smallest absolute Gasteiger partial charge is 0.387 e. The Balaban J connectivity index is 1.93. The number of anilines is 1. The number of benzene rings is 2. The fraction of sp³-hybridized carbons (Fsp3) is 0.227. The Hall–Kier alpha value is -3.60. The van der Waals surface area contributed by atoms with Crippen LogP contribution in [0.4, 0.5) is 14.5 Å². The van der Waals surface area contributed by atoms with Crippen molar-refractivity contribution in [3.8, 4) is 17.2 Å². The summed E-state index contributed by atoms with van der Waals surface area (Å²) in [5, 5.41) is 12.6. The standard InChI is InChI=1S/C22H21F2N3O5S/c1-3-31-18-11-13(4-9-17(18)28)10-16-20(30)27(22(26-16)33-12-19(29)25-2)14-5-7-15(8-6-14)32-21(23)24/h4-11,21,28H,3,12H2,1-2H3,(H,25,29). The lowest BCUT2D eigenvalue weighted by Gasteiger charge is -2.18. The van der Waals surface area contributed by atoms with Crippen molar-refractivity contribution in [3.05, 3.63) is 53.7 Å². The quantitative estimate of drug-likeness (QED) is 0.564. The molecule has 0 saturated carbocycles. The first-order chi connectivity index (χ1) is 15.8. The minimum absolute atomic E-state index is 0.0205. The number of thioether (sulfide) groups is 1. The molecule has 0 aromatic heterocycles. The largest absolute Gasteiger partial charge is 0.504 e. The highest BCUT2D eigenvalue weighted by Gasteiger charge is 2.32. The number of amides is 2. The van der Waals surface area contributed by atoms with Gasteiger partial charge in [-0.25, -0.2) is 4.99 Å². The molecule has 8 nitrogen and oxygen atoms in total. The number of carbonyl (C=O) groups is 2. The number of halogens is 2. The lowest BCUT2D eigenvalue weighted by molar-refractivity contribution is -0.118. The number of phenolic OH excluding ortho intramolecular Hbond substituents is 1. The Morgan fingerprint density at radius 2 is 2.00 bits per heavy atom. The SMILES string of the molecule is CCOc1cc(C=C2N=C(SCC(=O)NC)N(c3ccc(OC(F)F)cc3)C2=O)ccc1O. The number of amidine groups is 1. The highest BCUT2D eigenvalue weighted by Crippen LogP contribution is 2.32. The summed E-state index contributed by atoms with van der Waals surface area (Å²) in [6, 6.07) is 10.1. The minimum atomic E-state index is -2.97. The molecule has 0 aliphatic carbocycles. The normalized spacial score (nSPS) is 14.6. The zero-order chi connectivity index (χ0) is 24.0. The first-order valence-corrected chi connectivity index (χ1v) is 10.8. The number of alkyl halides is 2. The second-order valence-electron chi connectivity index (χ2n) is 6.56. The summed E-state index contributed by atoms with van der Waals surface area (Å²) in [5.41, 5.74) is 1.03. The van der Waals surface area contributed by atoms with Gasteiger partial charge in [0, 0.05) is 7.05 Å². The summed E-state index contributed by atoms with van der Waals surface area (Å²) in [6.07, 6.45) is 1.53. The summed E-state index contributed by atoms with van der Waals surface area (Å²) in [4.78, 5) is 30.6. The number of phenols is 1. The van der Waals surface area contributed by atoms with Crippen molar-refractivity contribution in [2.45, 2.75) is 13.5 Å². The molecule has 0 atom stereocenters. The molecule has 11 heteroatoms. The number of rotatable bonds is 8. The number of carbonyl (C=O) groups excluding carboxylic acids is 2. The van der Waals surface area contributed by atoms with Crippen molar-refractivity contribution >= 4 is 40.5 Å². The molecule has 2 aromatic rings. The molecule has 1 aliphatic heterocycles. The van der Waals surface area contributed by atoms with Crippen LogP contribution in [0, 0.1) is 0 Å². The van der Waals surface area contributed by atoms with Gasteiger partial charge in [-0.15, -0.1) is 0 Å². The molecule has 0 bridgehead atoms. The van der Waals surface area contributed by atoms with Gasteiger partial charge in [0.25, 0.3) is 5.91 Å². The second-order valence-corrected chi connectivity index (χ2v) is 7.50. The molecular weight excluding hydrogens is 456 g/mol. The lowest BCUT2D eigenvalue weighted by atomic mass is 10.1. The van der Waals surface area contributed by atoms with Gasteiger partial charge in [-0.1, -0.05) is 17.8 Å². The maximum Gasteiger partial charge on any atom is 0.387 e. The van der Waals surface area contributed by atoms with Gasteiger partial charge in [0.05, 0.1) is 18.0 Å². The van der Waals surface area contributed by atoms with E-state index in [-0.39, 0.29) is 39.8 Å². The third-order valence-corrected chi connectivity index (χ3v) is 5.29. The Morgan fingerprint density at radius 1 is 1.27 bits per heavy atom. The van der Waals surface area contributed by atoms with Crippen LogP contribution in [0.25, 0.3) is 6.08 Å². The van der Waals surface area contributed by atoms with Crippen LogP contribution in [0.1, 0.15) is 12.5 Å². The Kier molecular flexibility index (Phi) is 7.88. The van der Waals surface area contributed by atoms with E-state index in [0.29, 0.717) is 17.9 Å². The van der Waals surface area contributed by atoms with Crippen LogP contribution in [-0.2, 0) is 9.59 Å². The van der Waals surface area contributed by atoms with E-state index in [1.54, 1.807) is 19.1 Å². The van der Waals surface area contributed by atoms with Crippen molar-refractivity contribution < 1.29 is 33.0 Å². The van der Waals surface area contributed by atoms with Crippen LogP contribution in [0.3, 0.4) is 0 Å². The van der Waals surface area contributed by atoms with Gasteiger partial charge in [0.2, 0.25) is 5.91 Å². The van der Waals surface area contributed by atoms with Crippen molar-refractivity contribution in [1.29, 1.82) is 0 Å². The zero-order valence-corrected chi connectivity index (χ0v) is 18.6. The predicted octanol–water partition coefficient (Wildman–Crippen LogP) is 3.62. The molecule has 1 aliphatic rings. The van der Waals surface area contributed by atoms with Crippen molar-refractivity contribution in [1.82, 2.24) is 5.32 Å². The molecule has 2 N–H and O–H groups in total. The van der Waals surface area contributed by atoms with Gasteiger partial charge in [-0.2, -0.15) is 8.78 Å². The molecule has 33 heavy (non-hydrogen) atoms. The Bertz CT molecular complexity index is 1090. The van der Waals surface area contributed by atoms with Crippen LogP contribution in [-0.4, -0.2) is 48.1 Å². The monoisotopic (exact) mass is 477 g/mol. The van der Waals surface area contributed by atoms with Gasteiger partial charge in [0.1, 0.15) is 11.4 Å². The fourth-order valence-electron chi connectivity index (χ4n) is 2.85. The summed E-state index contributed by atoms with van der Waals surface area (Å²) in [6.45, 7) is -0.837. The van der Waals surface area contributed by atoms with E-state index in [1.165, 1.54) is 48.4 Å². The van der Waals surface area contributed by atoms with E-state index in [0.717, 1.165) is 11.8 Å². The molecule has 0 unspecified atom stereocenters. The summed E-state index contributed by atoms with van der Waals surface area (Å²) in [7, 11) is 1.50. The van der Waals surface area contributed by atoms with Gasteiger partial charge in [-0.3, -0.25) is 14.5 Å². The molecule has 2 aromatic carbocycles. The molecule has 0 saturated heterocycles. The predicted molar refractivity (Wildman–Crippen MR) is 122 cm³/mol. The van der Waals surface area contributed by atoms with Crippen molar-refractivity contribution in [2.75, 3.05) is 24.3 Å². The van der Waals surface area contributed by atoms with Crippen LogP contribution >= 0.6 is 11.8 Å². The van der Waals surface area contributed by atoms with Gasteiger partial charge in [0.15, 0.2) is 16.7 Å². The molecule has 3 rings (SSSR count). The number of hydrogen-bond acceptors (Lipinski definition) is 7. The van der Waals surface area contributed by atoms with E-state index < -0.39 is 12.5 Å². The third-order valence-electron chi connectivity index (χ3n) is 4.35. The van der Waals surface area contributed by atoms with E-state index in [9.17, 15) is 23.5 Å². The van der Waals surface area contributed by atoms with E-state index >= 15 is 0 Å². The number of ether oxygens (including phenoxy) is 2. The molecule has 0 spiro atoms. The zero-order valence-electron chi connectivity index (χ0n) is 17.7. The van der Waals surface area contributed by atoms with Crippen LogP contribution in [0.15, 0.2) is 53.2 Å². The second kappa shape index (κ2) is 10.8. The Morgan fingerprint density at radius 3 is 2.64 bits per heavy atom. The molecular formula is C22H21F2N3O5S. The molecule has 174 valence electrons. The van der Waals surface area contributed by atoms with Crippen LogP contribution < -0.4 is 19.7 Å². The highest BCUT2D eigenvalue weighted by atomic mass is 32.2.